The van der Waals surface area contributed by atoms with Crippen LogP contribution in [-0.2, 0) is 9.53 Å². The summed E-state index contributed by atoms with van der Waals surface area (Å²) in [7, 11) is 1.67. The molecule has 1 aromatic rings. The maximum atomic E-state index is 11.6. The summed E-state index contributed by atoms with van der Waals surface area (Å²) >= 11 is 0. The van der Waals surface area contributed by atoms with E-state index in [1.165, 1.54) is 0 Å². The SMILES string of the molecule is COCNCCNCCCCNCC(=O)Oc1ccccc1. The highest BCUT2D eigenvalue weighted by atomic mass is 16.5. The van der Waals surface area contributed by atoms with Crippen LogP contribution in [0.5, 0.6) is 5.75 Å². The molecule has 6 heteroatoms. The van der Waals surface area contributed by atoms with Gasteiger partial charge in [-0.3, -0.25) is 10.1 Å². The molecule has 3 N–H and O–H groups in total. The van der Waals surface area contributed by atoms with Crippen molar-refractivity contribution < 1.29 is 14.3 Å². The lowest BCUT2D eigenvalue weighted by Crippen LogP contribution is -2.30. The zero-order chi connectivity index (χ0) is 15.9. The van der Waals surface area contributed by atoms with Crippen LogP contribution in [0.1, 0.15) is 12.8 Å². The largest absolute Gasteiger partial charge is 0.426 e. The molecule has 0 spiro atoms. The summed E-state index contributed by atoms with van der Waals surface area (Å²) in [5, 5.41) is 9.56. The number of benzene rings is 1. The number of rotatable bonds is 13. The molecule has 0 amide bonds. The second kappa shape index (κ2) is 13.2. The van der Waals surface area contributed by atoms with Crippen molar-refractivity contribution in [3.8, 4) is 5.75 Å². The van der Waals surface area contributed by atoms with E-state index >= 15 is 0 Å². The Hall–Kier alpha value is -1.47. The van der Waals surface area contributed by atoms with Crippen molar-refractivity contribution in [3.05, 3.63) is 30.3 Å². The number of carbonyl (C=O) groups is 1. The average Bonchev–Trinajstić information content (AvgIpc) is 2.53. The molecule has 0 saturated heterocycles. The first-order valence-electron chi connectivity index (χ1n) is 7.69. The molecule has 1 rings (SSSR count). The number of hydrogen-bond donors (Lipinski definition) is 3. The van der Waals surface area contributed by atoms with Gasteiger partial charge in [-0.05, 0) is 38.1 Å². The van der Waals surface area contributed by atoms with E-state index in [2.05, 4.69) is 16.0 Å². The van der Waals surface area contributed by atoms with Crippen molar-refractivity contribution in [2.24, 2.45) is 0 Å². The smallest absolute Gasteiger partial charge is 0.325 e. The van der Waals surface area contributed by atoms with Crippen LogP contribution in [0.2, 0.25) is 0 Å². The van der Waals surface area contributed by atoms with Gasteiger partial charge < -0.3 is 20.1 Å². The molecule has 0 radical (unpaired) electrons. The third kappa shape index (κ3) is 10.3. The highest BCUT2D eigenvalue weighted by molar-refractivity contribution is 5.74. The second-order valence-electron chi connectivity index (χ2n) is 4.85. The van der Waals surface area contributed by atoms with E-state index in [0.717, 1.165) is 39.0 Å². The monoisotopic (exact) mass is 309 g/mol. The molecular weight excluding hydrogens is 282 g/mol. The fraction of sp³-hybridized carbons (Fsp3) is 0.562. The van der Waals surface area contributed by atoms with E-state index in [4.69, 9.17) is 9.47 Å². The van der Waals surface area contributed by atoms with Crippen molar-refractivity contribution in [2.45, 2.75) is 12.8 Å². The van der Waals surface area contributed by atoms with E-state index < -0.39 is 0 Å². The third-order valence-corrected chi connectivity index (χ3v) is 2.93. The van der Waals surface area contributed by atoms with E-state index in [0.29, 0.717) is 12.5 Å². The summed E-state index contributed by atoms with van der Waals surface area (Å²) in [4.78, 5) is 11.6. The van der Waals surface area contributed by atoms with Crippen LogP contribution < -0.4 is 20.7 Å². The van der Waals surface area contributed by atoms with Gasteiger partial charge in [0.2, 0.25) is 0 Å². The summed E-state index contributed by atoms with van der Waals surface area (Å²) in [5.41, 5.74) is 0. The minimum Gasteiger partial charge on any atom is -0.426 e. The Kier molecular flexibility index (Phi) is 11.2. The average molecular weight is 309 g/mol. The molecular formula is C16H27N3O3. The molecule has 0 bridgehead atoms. The van der Waals surface area contributed by atoms with E-state index in [1.807, 2.05) is 18.2 Å². The lowest BCUT2D eigenvalue weighted by molar-refractivity contribution is -0.133. The molecule has 0 aliphatic heterocycles. The van der Waals surface area contributed by atoms with Crippen LogP contribution in [-0.4, -0.2) is 52.5 Å². The van der Waals surface area contributed by atoms with E-state index in [1.54, 1.807) is 19.2 Å². The Morgan fingerprint density at radius 3 is 2.36 bits per heavy atom. The maximum absolute atomic E-state index is 11.6. The Balaban J connectivity index is 1.86. The molecule has 0 unspecified atom stereocenters. The quantitative estimate of drug-likeness (QED) is 0.216. The number of unbranched alkanes of at least 4 members (excludes halogenated alkanes) is 1. The van der Waals surface area contributed by atoms with Gasteiger partial charge in [-0.15, -0.1) is 0 Å². The minimum absolute atomic E-state index is 0.239. The van der Waals surface area contributed by atoms with Crippen LogP contribution in [0, 0.1) is 0 Å². The summed E-state index contributed by atoms with van der Waals surface area (Å²) in [5.74, 6) is 0.328. The van der Waals surface area contributed by atoms with Crippen LogP contribution >= 0.6 is 0 Å². The number of methoxy groups -OCH3 is 1. The normalized spacial score (nSPS) is 10.6. The fourth-order valence-corrected chi connectivity index (χ4v) is 1.82. The predicted octanol–water partition coefficient (Wildman–Crippen LogP) is 0.745. The maximum Gasteiger partial charge on any atom is 0.325 e. The van der Waals surface area contributed by atoms with Gasteiger partial charge in [0, 0.05) is 20.2 Å². The molecule has 1 aromatic carbocycles. The highest BCUT2D eigenvalue weighted by Gasteiger charge is 2.02. The van der Waals surface area contributed by atoms with Gasteiger partial charge in [-0.25, -0.2) is 0 Å². The molecule has 0 saturated carbocycles. The van der Waals surface area contributed by atoms with Crippen LogP contribution in [0.15, 0.2) is 30.3 Å². The predicted molar refractivity (Wildman–Crippen MR) is 86.9 cm³/mol. The Labute approximate surface area is 132 Å². The molecule has 124 valence electrons. The van der Waals surface area contributed by atoms with Gasteiger partial charge >= 0.3 is 5.97 Å². The molecule has 0 aromatic heterocycles. The van der Waals surface area contributed by atoms with Gasteiger partial charge in [0.25, 0.3) is 0 Å². The first kappa shape index (κ1) is 18.6. The fourth-order valence-electron chi connectivity index (χ4n) is 1.82. The van der Waals surface area contributed by atoms with Crippen molar-refractivity contribution in [2.75, 3.05) is 46.6 Å². The van der Waals surface area contributed by atoms with Gasteiger partial charge in [-0.1, -0.05) is 18.2 Å². The minimum atomic E-state index is -0.256. The highest BCUT2D eigenvalue weighted by Crippen LogP contribution is 2.07. The van der Waals surface area contributed by atoms with Gasteiger partial charge in [-0.2, -0.15) is 0 Å². The molecule has 0 aliphatic carbocycles. The summed E-state index contributed by atoms with van der Waals surface area (Å²) in [6, 6.07) is 9.11. The number of nitrogens with one attached hydrogen (secondary N) is 3. The van der Waals surface area contributed by atoms with E-state index in [9.17, 15) is 4.79 Å². The van der Waals surface area contributed by atoms with E-state index in [-0.39, 0.29) is 12.5 Å². The molecule has 0 atom stereocenters. The summed E-state index contributed by atoms with van der Waals surface area (Å²) < 4.78 is 10.1. The Morgan fingerprint density at radius 2 is 1.64 bits per heavy atom. The van der Waals surface area contributed by atoms with Crippen LogP contribution in [0.4, 0.5) is 0 Å². The topological polar surface area (TPSA) is 71.6 Å². The first-order chi connectivity index (χ1) is 10.8. The zero-order valence-corrected chi connectivity index (χ0v) is 13.3. The summed E-state index contributed by atoms with van der Waals surface area (Å²) in [6.45, 7) is 4.45. The molecule has 0 fully saturated rings. The second-order valence-corrected chi connectivity index (χ2v) is 4.85. The summed E-state index contributed by atoms with van der Waals surface area (Å²) in [6.07, 6.45) is 2.10. The molecule has 22 heavy (non-hydrogen) atoms. The van der Waals surface area contributed by atoms with Crippen molar-refractivity contribution in [1.29, 1.82) is 0 Å². The van der Waals surface area contributed by atoms with Crippen molar-refractivity contribution in [3.63, 3.8) is 0 Å². The number of esters is 1. The lowest BCUT2D eigenvalue weighted by atomic mass is 10.3. The van der Waals surface area contributed by atoms with Crippen molar-refractivity contribution in [1.82, 2.24) is 16.0 Å². The number of hydrogen-bond acceptors (Lipinski definition) is 6. The zero-order valence-electron chi connectivity index (χ0n) is 13.3. The number of ether oxygens (including phenoxy) is 2. The lowest BCUT2D eigenvalue weighted by Gasteiger charge is -2.07. The first-order valence-corrected chi connectivity index (χ1v) is 7.69. The third-order valence-electron chi connectivity index (χ3n) is 2.93. The molecule has 0 aliphatic rings. The standard InChI is InChI=1S/C16H27N3O3/c1-21-14-19-12-11-17-9-5-6-10-18-13-16(20)22-15-7-3-2-4-8-15/h2-4,7-8,17-19H,5-6,9-14H2,1H3. The Bertz CT molecular complexity index is 387. The number of para-hydroxylation sites is 1. The van der Waals surface area contributed by atoms with Crippen LogP contribution in [0.25, 0.3) is 0 Å². The molecule has 0 heterocycles. The Morgan fingerprint density at radius 1 is 0.955 bits per heavy atom. The number of carbonyl (C=O) groups excluding carboxylic acids is 1. The van der Waals surface area contributed by atoms with Gasteiger partial charge in [0.05, 0.1) is 13.3 Å². The van der Waals surface area contributed by atoms with Gasteiger partial charge in [0.15, 0.2) is 0 Å². The van der Waals surface area contributed by atoms with Crippen LogP contribution in [0.3, 0.4) is 0 Å². The van der Waals surface area contributed by atoms with Crippen molar-refractivity contribution >= 4 is 5.97 Å². The van der Waals surface area contributed by atoms with Gasteiger partial charge in [0.1, 0.15) is 5.75 Å². The molecule has 6 nitrogen and oxygen atoms in total.